The summed E-state index contributed by atoms with van der Waals surface area (Å²) in [5, 5.41) is 18.8. The van der Waals surface area contributed by atoms with Gasteiger partial charge in [-0.15, -0.1) is 18.3 Å². The monoisotopic (exact) mass is 274 g/mol. The zero-order valence-electron chi connectivity index (χ0n) is 11.2. The normalized spacial score (nSPS) is 26.9. The van der Waals surface area contributed by atoms with Gasteiger partial charge in [0, 0.05) is 11.2 Å². The van der Waals surface area contributed by atoms with Gasteiger partial charge in [-0.3, -0.25) is 4.79 Å². The minimum Gasteiger partial charge on any atom is -0.459 e. The van der Waals surface area contributed by atoms with Crippen LogP contribution in [0.4, 0.5) is 0 Å². The van der Waals surface area contributed by atoms with Gasteiger partial charge in [-0.25, -0.2) is 0 Å². The minimum atomic E-state index is -0.862. The van der Waals surface area contributed by atoms with Gasteiger partial charge in [0.05, 0.1) is 13.2 Å². The molecule has 0 aromatic rings. The first kappa shape index (κ1) is 15.5. The van der Waals surface area contributed by atoms with Gasteiger partial charge < -0.3 is 14.9 Å². The van der Waals surface area contributed by atoms with E-state index in [2.05, 4.69) is 6.58 Å². The van der Waals surface area contributed by atoms with Crippen molar-refractivity contribution in [2.24, 2.45) is 5.41 Å². The summed E-state index contributed by atoms with van der Waals surface area (Å²) in [6.45, 7) is 8.86. The molecule has 1 rings (SSSR count). The fourth-order valence-electron chi connectivity index (χ4n) is 1.90. The summed E-state index contributed by atoms with van der Waals surface area (Å²) in [5.41, 5.74) is -1.19. The number of rotatable bonds is 4. The van der Waals surface area contributed by atoms with Crippen LogP contribution in [0.15, 0.2) is 12.7 Å². The molecule has 18 heavy (non-hydrogen) atoms. The Morgan fingerprint density at radius 3 is 2.33 bits per heavy atom. The molecule has 0 aliphatic carbocycles. The highest BCUT2D eigenvalue weighted by Crippen LogP contribution is 2.50. The van der Waals surface area contributed by atoms with Crippen molar-refractivity contribution in [2.75, 3.05) is 19.0 Å². The molecule has 2 N–H and O–H groups in total. The predicted octanol–water partition coefficient (Wildman–Crippen LogP) is 1.36. The Morgan fingerprint density at radius 1 is 1.44 bits per heavy atom. The van der Waals surface area contributed by atoms with E-state index in [0.29, 0.717) is 12.2 Å². The quantitative estimate of drug-likeness (QED) is 0.598. The van der Waals surface area contributed by atoms with Gasteiger partial charge in [-0.2, -0.15) is 0 Å². The summed E-state index contributed by atoms with van der Waals surface area (Å²) in [7, 11) is 0. The average molecular weight is 274 g/mol. The molecule has 1 saturated heterocycles. The van der Waals surface area contributed by atoms with E-state index in [9.17, 15) is 15.0 Å². The molecule has 1 fully saturated rings. The third-order valence-electron chi connectivity index (χ3n) is 3.02. The zero-order chi connectivity index (χ0) is 14.0. The van der Waals surface area contributed by atoms with E-state index < -0.39 is 15.8 Å². The molecular weight excluding hydrogens is 252 g/mol. The number of carbonyl (C=O) groups is 1. The van der Waals surface area contributed by atoms with Crippen LogP contribution in [0.3, 0.4) is 0 Å². The Kier molecular flexibility index (Phi) is 4.51. The molecule has 0 aromatic heterocycles. The molecule has 1 unspecified atom stereocenters. The number of aliphatic hydroxyl groups excluding tert-OH is 2. The first-order valence-electron chi connectivity index (χ1n) is 5.95. The minimum absolute atomic E-state index is 0.144. The Labute approximate surface area is 112 Å². The summed E-state index contributed by atoms with van der Waals surface area (Å²) >= 11 is 1.38. The molecular formula is C13H22O4S. The van der Waals surface area contributed by atoms with Crippen molar-refractivity contribution in [3.63, 3.8) is 0 Å². The first-order valence-corrected chi connectivity index (χ1v) is 6.94. The number of hydrogen-bond donors (Lipinski definition) is 2. The molecule has 104 valence electrons. The third kappa shape index (κ3) is 3.08. The number of ether oxygens (including phenoxy) is 1. The second-order valence-corrected chi connectivity index (χ2v) is 7.18. The van der Waals surface area contributed by atoms with Gasteiger partial charge in [-0.05, 0) is 27.2 Å². The van der Waals surface area contributed by atoms with Crippen molar-refractivity contribution in [3.8, 4) is 0 Å². The van der Waals surface area contributed by atoms with Crippen LogP contribution in [0.1, 0.15) is 27.2 Å². The molecule has 0 amide bonds. The van der Waals surface area contributed by atoms with E-state index in [0.717, 1.165) is 0 Å². The van der Waals surface area contributed by atoms with Gasteiger partial charge in [0.25, 0.3) is 0 Å². The number of hydrogen-bond acceptors (Lipinski definition) is 5. The largest absolute Gasteiger partial charge is 0.459 e. The Hall–Kier alpha value is -0.520. The maximum Gasteiger partial charge on any atom is 0.326 e. The van der Waals surface area contributed by atoms with Crippen molar-refractivity contribution in [1.82, 2.24) is 0 Å². The molecule has 1 atom stereocenters. The lowest BCUT2D eigenvalue weighted by atomic mass is 9.82. The van der Waals surface area contributed by atoms with Crippen LogP contribution >= 0.6 is 11.8 Å². The highest BCUT2D eigenvalue weighted by Gasteiger charge is 2.52. The van der Waals surface area contributed by atoms with Crippen LogP contribution < -0.4 is 0 Å². The molecule has 1 heterocycles. The van der Waals surface area contributed by atoms with Crippen LogP contribution in [0.2, 0.25) is 0 Å². The summed E-state index contributed by atoms with van der Waals surface area (Å²) in [5.74, 6) is 0.171. The maximum atomic E-state index is 12.3. The van der Waals surface area contributed by atoms with Gasteiger partial charge in [0.2, 0.25) is 0 Å². The van der Waals surface area contributed by atoms with E-state index in [4.69, 9.17) is 4.74 Å². The number of thioether (sulfide) groups is 1. The summed E-state index contributed by atoms with van der Waals surface area (Å²) in [6, 6.07) is 0. The standard InChI is InChI=1S/C13H22O4S/c1-5-13(10(16)17-11(2,3)4)6-12(7-14,8-15)9-18-13/h5,14-15H,1,6-9H2,2-4H3. The smallest absolute Gasteiger partial charge is 0.326 e. The van der Waals surface area contributed by atoms with Crippen LogP contribution in [-0.2, 0) is 9.53 Å². The van der Waals surface area contributed by atoms with Crippen molar-refractivity contribution in [2.45, 2.75) is 37.5 Å². The SMILES string of the molecule is C=CC1(C(=O)OC(C)(C)C)CC(CO)(CO)CS1. The second kappa shape index (κ2) is 5.23. The Morgan fingerprint density at radius 2 is 2.00 bits per heavy atom. The van der Waals surface area contributed by atoms with Crippen LogP contribution in [0.5, 0.6) is 0 Å². The summed E-state index contributed by atoms with van der Waals surface area (Å²) in [4.78, 5) is 12.3. The van der Waals surface area contributed by atoms with Gasteiger partial charge in [-0.1, -0.05) is 6.08 Å². The molecule has 5 heteroatoms. The van der Waals surface area contributed by atoms with E-state index in [1.165, 1.54) is 11.8 Å². The lowest BCUT2D eigenvalue weighted by molar-refractivity contribution is -0.157. The molecule has 1 aliphatic heterocycles. The summed E-state index contributed by atoms with van der Waals surface area (Å²) in [6.07, 6.45) is 1.93. The molecule has 1 aliphatic rings. The van der Waals surface area contributed by atoms with Crippen molar-refractivity contribution < 1.29 is 19.7 Å². The lowest BCUT2D eigenvalue weighted by Crippen LogP contribution is -2.40. The van der Waals surface area contributed by atoms with Crippen LogP contribution in [0, 0.1) is 5.41 Å². The zero-order valence-corrected chi connectivity index (χ0v) is 12.0. The average Bonchev–Trinajstić information content (AvgIpc) is 2.68. The lowest BCUT2D eigenvalue weighted by Gasteiger charge is -2.30. The van der Waals surface area contributed by atoms with E-state index >= 15 is 0 Å². The highest BCUT2D eigenvalue weighted by atomic mass is 32.2. The Balaban J connectivity index is 2.90. The second-order valence-electron chi connectivity index (χ2n) is 5.88. The number of carbonyl (C=O) groups excluding carboxylic acids is 1. The van der Waals surface area contributed by atoms with E-state index in [1.807, 2.05) is 20.8 Å². The van der Waals surface area contributed by atoms with Gasteiger partial charge >= 0.3 is 5.97 Å². The molecule has 0 saturated carbocycles. The van der Waals surface area contributed by atoms with Gasteiger partial charge in [0.15, 0.2) is 0 Å². The Bertz CT molecular complexity index is 330. The fraction of sp³-hybridized carbons (Fsp3) is 0.769. The predicted molar refractivity (Wildman–Crippen MR) is 72.5 cm³/mol. The third-order valence-corrected chi connectivity index (χ3v) is 4.77. The van der Waals surface area contributed by atoms with Crippen LogP contribution in [0.25, 0.3) is 0 Å². The maximum absolute atomic E-state index is 12.3. The molecule has 0 spiro atoms. The highest BCUT2D eigenvalue weighted by molar-refractivity contribution is 8.01. The fourth-order valence-corrected chi connectivity index (χ4v) is 3.44. The number of esters is 1. The first-order chi connectivity index (χ1) is 8.22. The number of aliphatic hydroxyl groups is 2. The van der Waals surface area contributed by atoms with Crippen molar-refractivity contribution >= 4 is 17.7 Å². The van der Waals surface area contributed by atoms with E-state index in [1.54, 1.807) is 6.08 Å². The molecule has 0 radical (unpaired) electrons. The van der Waals surface area contributed by atoms with Gasteiger partial charge in [0.1, 0.15) is 10.3 Å². The van der Waals surface area contributed by atoms with Crippen LogP contribution in [-0.4, -0.2) is 45.5 Å². The van der Waals surface area contributed by atoms with Crippen molar-refractivity contribution in [3.05, 3.63) is 12.7 Å². The van der Waals surface area contributed by atoms with Crippen molar-refractivity contribution in [1.29, 1.82) is 0 Å². The topological polar surface area (TPSA) is 66.8 Å². The summed E-state index contributed by atoms with van der Waals surface area (Å²) < 4.78 is 4.54. The van der Waals surface area contributed by atoms with E-state index in [-0.39, 0.29) is 19.2 Å². The molecule has 0 aromatic carbocycles. The molecule has 0 bridgehead atoms. The molecule has 4 nitrogen and oxygen atoms in total.